The summed E-state index contributed by atoms with van der Waals surface area (Å²) in [6.45, 7) is 7.95. The summed E-state index contributed by atoms with van der Waals surface area (Å²) in [4.78, 5) is 1.15. The molecule has 0 fully saturated rings. The maximum Gasteiger partial charge on any atom is 0.202 e. The summed E-state index contributed by atoms with van der Waals surface area (Å²) in [5.41, 5.74) is 0.883. The standard InChI is InChI=1S/C13H19N2OPS2/c1-5-19-10-6-7-11-12(8-10)17(4,16)15(9(2)3)13(18)14-11/h6-9H,5H2,1-4H3,(H,14,18). The van der Waals surface area contributed by atoms with E-state index in [-0.39, 0.29) is 6.04 Å². The first-order valence-corrected chi connectivity index (χ1v) is 9.83. The Hall–Kier alpha value is -0.510. The van der Waals surface area contributed by atoms with Gasteiger partial charge in [-0.25, -0.2) is 0 Å². The van der Waals surface area contributed by atoms with Crippen molar-refractivity contribution in [2.24, 2.45) is 0 Å². The lowest BCUT2D eigenvalue weighted by atomic mass is 10.3. The van der Waals surface area contributed by atoms with Crippen molar-refractivity contribution in [2.45, 2.75) is 31.7 Å². The predicted octanol–water partition coefficient (Wildman–Crippen LogP) is 3.75. The molecule has 0 saturated heterocycles. The molecule has 1 aromatic rings. The van der Waals surface area contributed by atoms with Gasteiger partial charge in [0, 0.05) is 17.6 Å². The normalized spacial score (nSPS) is 22.4. The minimum atomic E-state index is -2.63. The van der Waals surface area contributed by atoms with Gasteiger partial charge in [-0.3, -0.25) is 9.24 Å². The molecular weight excluding hydrogens is 295 g/mol. The summed E-state index contributed by atoms with van der Waals surface area (Å²) in [6, 6.07) is 6.18. The van der Waals surface area contributed by atoms with Crippen LogP contribution in [0, 0.1) is 0 Å². The number of nitrogens with zero attached hydrogens (tertiary/aromatic N) is 1. The zero-order valence-electron chi connectivity index (χ0n) is 11.6. The Bertz CT molecular complexity index is 560. The fraction of sp³-hybridized carbons (Fsp3) is 0.462. The van der Waals surface area contributed by atoms with Gasteiger partial charge in [-0.1, -0.05) is 6.92 Å². The molecule has 1 atom stereocenters. The van der Waals surface area contributed by atoms with Crippen molar-refractivity contribution in [1.82, 2.24) is 4.67 Å². The summed E-state index contributed by atoms with van der Waals surface area (Å²) in [5.74, 6) is 1.01. The van der Waals surface area contributed by atoms with Crippen LogP contribution in [-0.2, 0) is 4.57 Å². The van der Waals surface area contributed by atoms with Crippen LogP contribution in [0.4, 0.5) is 5.69 Å². The van der Waals surface area contributed by atoms with Gasteiger partial charge in [0.1, 0.15) is 0 Å². The van der Waals surface area contributed by atoms with E-state index in [0.29, 0.717) is 5.11 Å². The fourth-order valence-electron chi connectivity index (χ4n) is 2.35. The Morgan fingerprint density at radius 3 is 2.74 bits per heavy atom. The maximum absolute atomic E-state index is 13.2. The third kappa shape index (κ3) is 2.69. The van der Waals surface area contributed by atoms with Gasteiger partial charge < -0.3 is 5.32 Å². The van der Waals surface area contributed by atoms with Crippen molar-refractivity contribution in [2.75, 3.05) is 17.7 Å². The van der Waals surface area contributed by atoms with Crippen LogP contribution in [0.2, 0.25) is 0 Å². The minimum Gasteiger partial charge on any atom is -0.332 e. The topological polar surface area (TPSA) is 32.3 Å². The first-order chi connectivity index (χ1) is 8.87. The molecule has 1 aliphatic rings. The molecule has 1 aliphatic heterocycles. The molecule has 104 valence electrons. The van der Waals surface area contributed by atoms with Crippen molar-refractivity contribution < 1.29 is 4.57 Å². The Morgan fingerprint density at radius 2 is 2.16 bits per heavy atom. The first-order valence-electron chi connectivity index (χ1n) is 6.33. The Morgan fingerprint density at radius 1 is 1.47 bits per heavy atom. The Kier molecular flexibility index (Phi) is 4.29. The third-order valence-electron chi connectivity index (χ3n) is 3.08. The van der Waals surface area contributed by atoms with Gasteiger partial charge in [0.15, 0.2) is 5.11 Å². The van der Waals surface area contributed by atoms with Gasteiger partial charge in [0.2, 0.25) is 7.29 Å². The number of thioether (sulfide) groups is 1. The van der Waals surface area contributed by atoms with E-state index < -0.39 is 7.29 Å². The van der Waals surface area contributed by atoms with E-state index in [4.69, 9.17) is 12.2 Å². The van der Waals surface area contributed by atoms with E-state index in [9.17, 15) is 4.57 Å². The Labute approximate surface area is 124 Å². The molecule has 0 spiro atoms. The second-order valence-corrected chi connectivity index (χ2v) is 9.25. The highest BCUT2D eigenvalue weighted by Crippen LogP contribution is 2.51. The van der Waals surface area contributed by atoms with Crippen LogP contribution in [0.25, 0.3) is 0 Å². The maximum atomic E-state index is 13.2. The van der Waals surface area contributed by atoms with Crippen LogP contribution in [-0.4, -0.2) is 28.2 Å². The summed E-state index contributed by atoms with van der Waals surface area (Å²) in [7, 11) is -2.63. The molecular formula is C13H19N2OPS2. The molecule has 1 aromatic carbocycles. The molecule has 0 aliphatic carbocycles. The summed E-state index contributed by atoms with van der Waals surface area (Å²) < 4.78 is 15.0. The number of fused-ring (bicyclic) bond motifs is 1. The van der Waals surface area contributed by atoms with Gasteiger partial charge in [0.05, 0.1) is 11.0 Å². The van der Waals surface area contributed by atoms with Crippen LogP contribution in [0.15, 0.2) is 23.1 Å². The molecule has 0 radical (unpaired) electrons. The molecule has 0 aromatic heterocycles. The van der Waals surface area contributed by atoms with Crippen molar-refractivity contribution in [3.63, 3.8) is 0 Å². The number of hydrogen-bond acceptors (Lipinski definition) is 3. The Balaban J connectivity index is 2.54. The zero-order valence-corrected chi connectivity index (χ0v) is 14.2. The van der Waals surface area contributed by atoms with E-state index >= 15 is 0 Å². The molecule has 0 saturated carbocycles. The van der Waals surface area contributed by atoms with Crippen LogP contribution < -0.4 is 10.6 Å². The van der Waals surface area contributed by atoms with E-state index in [1.54, 1.807) is 18.4 Å². The lowest BCUT2D eigenvalue weighted by Crippen LogP contribution is -2.44. The summed E-state index contributed by atoms with van der Waals surface area (Å²) >= 11 is 7.11. The quantitative estimate of drug-likeness (QED) is 0.522. The number of hydrogen-bond donors (Lipinski definition) is 1. The fourth-order valence-corrected chi connectivity index (χ4v) is 6.39. The van der Waals surface area contributed by atoms with E-state index in [1.807, 2.05) is 36.7 Å². The molecule has 1 N–H and O–H groups in total. The van der Waals surface area contributed by atoms with E-state index in [1.165, 1.54) is 0 Å². The van der Waals surface area contributed by atoms with Gasteiger partial charge >= 0.3 is 0 Å². The molecule has 2 rings (SSSR count). The van der Waals surface area contributed by atoms with Crippen LogP contribution in [0.3, 0.4) is 0 Å². The average Bonchev–Trinajstić information content (AvgIpc) is 2.29. The van der Waals surface area contributed by atoms with Crippen molar-refractivity contribution in [3.8, 4) is 0 Å². The highest BCUT2D eigenvalue weighted by molar-refractivity contribution is 7.99. The molecule has 6 heteroatoms. The van der Waals surface area contributed by atoms with Crippen LogP contribution in [0.1, 0.15) is 20.8 Å². The molecule has 1 heterocycles. The highest BCUT2D eigenvalue weighted by Gasteiger charge is 2.37. The molecule has 1 unspecified atom stereocenters. The smallest absolute Gasteiger partial charge is 0.202 e. The second-order valence-electron chi connectivity index (χ2n) is 4.86. The number of benzene rings is 1. The van der Waals surface area contributed by atoms with Crippen LogP contribution in [0.5, 0.6) is 0 Å². The number of rotatable bonds is 3. The largest absolute Gasteiger partial charge is 0.332 e. The van der Waals surface area contributed by atoms with E-state index in [2.05, 4.69) is 12.2 Å². The second kappa shape index (κ2) is 5.47. The van der Waals surface area contributed by atoms with Crippen molar-refractivity contribution in [3.05, 3.63) is 18.2 Å². The van der Waals surface area contributed by atoms with Crippen molar-refractivity contribution >= 4 is 47.4 Å². The van der Waals surface area contributed by atoms with Gasteiger partial charge in [-0.15, -0.1) is 11.8 Å². The monoisotopic (exact) mass is 314 g/mol. The first kappa shape index (κ1) is 14.9. The third-order valence-corrected chi connectivity index (χ3v) is 7.14. The summed E-state index contributed by atoms with van der Waals surface area (Å²) in [5, 5.41) is 4.63. The average molecular weight is 314 g/mol. The molecule has 3 nitrogen and oxygen atoms in total. The van der Waals surface area contributed by atoms with E-state index in [0.717, 1.165) is 21.6 Å². The van der Waals surface area contributed by atoms with Crippen molar-refractivity contribution in [1.29, 1.82) is 0 Å². The molecule has 0 amide bonds. The SMILES string of the molecule is CCSc1ccc2c(c1)P(C)(=O)N(C(C)C)C(=S)N2. The number of nitrogens with one attached hydrogen (secondary N) is 1. The minimum absolute atomic E-state index is 0.117. The lowest BCUT2D eigenvalue weighted by molar-refractivity contribution is 0.483. The number of anilines is 1. The molecule has 0 bridgehead atoms. The highest BCUT2D eigenvalue weighted by atomic mass is 32.2. The van der Waals surface area contributed by atoms with Crippen LogP contribution >= 0.6 is 31.3 Å². The van der Waals surface area contributed by atoms with Gasteiger partial charge in [0.25, 0.3) is 0 Å². The molecule has 19 heavy (non-hydrogen) atoms. The lowest BCUT2D eigenvalue weighted by Gasteiger charge is -2.40. The predicted molar refractivity (Wildman–Crippen MR) is 89.2 cm³/mol. The van der Waals surface area contributed by atoms with Gasteiger partial charge in [-0.05, 0) is 50.0 Å². The zero-order chi connectivity index (χ0) is 14.2. The number of thiocarbonyl (C=S) groups is 1. The van der Waals surface area contributed by atoms with Gasteiger partial charge in [-0.2, -0.15) is 0 Å². The summed E-state index contributed by atoms with van der Waals surface area (Å²) in [6.07, 6.45) is 0.